The molecule has 262 valence electrons. The Morgan fingerprint density at radius 3 is 2.65 bits per heavy atom. The maximum Gasteiger partial charge on any atom is 0.404 e. The number of benzene rings is 1. The third-order valence-corrected chi connectivity index (χ3v) is 9.30. The quantitative estimate of drug-likeness (QED) is 0.120. The molecule has 0 radical (unpaired) electrons. The third kappa shape index (κ3) is 6.57. The Morgan fingerprint density at radius 1 is 1.10 bits per heavy atom. The molecule has 5 N–H and O–H groups in total. The van der Waals surface area contributed by atoms with Crippen molar-refractivity contribution in [2.24, 2.45) is 5.73 Å². The second-order valence-electron chi connectivity index (χ2n) is 12.3. The number of amides is 1. The van der Waals surface area contributed by atoms with Gasteiger partial charge in [-0.25, -0.2) is 9.78 Å². The van der Waals surface area contributed by atoms with Gasteiger partial charge in [-0.3, -0.25) is 14.4 Å². The van der Waals surface area contributed by atoms with Crippen molar-refractivity contribution in [1.29, 1.82) is 0 Å². The fourth-order valence-electron chi connectivity index (χ4n) is 6.83. The van der Waals surface area contributed by atoms with E-state index in [0.29, 0.717) is 29.1 Å². The van der Waals surface area contributed by atoms with Crippen LogP contribution in [0.25, 0.3) is 22.3 Å². The molecule has 3 aliphatic rings. The van der Waals surface area contributed by atoms with Crippen molar-refractivity contribution in [1.82, 2.24) is 9.55 Å². The summed E-state index contributed by atoms with van der Waals surface area (Å²) < 4.78 is 28.7. The van der Waals surface area contributed by atoms with Crippen molar-refractivity contribution < 1.29 is 53.4 Å². The lowest BCUT2D eigenvalue weighted by Gasteiger charge is -2.40. The Kier molecular flexibility index (Phi) is 10.1. The van der Waals surface area contributed by atoms with Crippen LogP contribution in [-0.2, 0) is 51.8 Å². The summed E-state index contributed by atoms with van der Waals surface area (Å²) in [7, 11) is 0. The van der Waals surface area contributed by atoms with Gasteiger partial charge in [-0.05, 0) is 37.5 Å². The Labute approximate surface area is 280 Å². The molecule has 1 aromatic carbocycles. The Morgan fingerprint density at radius 2 is 1.90 bits per heavy atom. The average molecular weight is 682 g/mol. The number of para-hydroxylation sites is 1. The van der Waals surface area contributed by atoms with Crippen molar-refractivity contribution in [3.05, 3.63) is 63.4 Å². The van der Waals surface area contributed by atoms with Crippen LogP contribution in [0.15, 0.2) is 41.2 Å². The SMILES string of the molecule is CC[C@@]1(OC(=O)CCCOCCO[C@H]2O[C@H](CO)[C@@H](O)[C@H](OC(N)=O)[C@@H]2O)C(=O)CCc2c1cc1n(c2=O)Cc2cc3ccccc3nc2-1. The van der Waals surface area contributed by atoms with E-state index >= 15 is 0 Å². The monoisotopic (exact) mass is 681 g/mol. The molecule has 0 bridgehead atoms. The van der Waals surface area contributed by atoms with Gasteiger partial charge in [-0.1, -0.05) is 25.1 Å². The number of fused-ring (bicyclic) bond motifs is 5. The number of rotatable bonds is 12. The first-order valence-electron chi connectivity index (χ1n) is 16.3. The molecule has 6 atom stereocenters. The zero-order valence-electron chi connectivity index (χ0n) is 26.9. The molecule has 6 rings (SSSR count). The van der Waals surface area contributed by atoms with E-state index in [1.807, 2.05) is 30.3 Å². The second-order valence-corrected chi connectivity index (χ2v) is 12.3. The number of aromatic nitrogens is 2. The van der Waals surface area contributed by atoms with E-state index in [1.165, 1.54) is 0 Å². The standard InChI is InChI=1S/C34H39N3O12/c1-2-34(49-26(40)8-5-11-45-12-13-46-32-29(42)30(48-33(35)44)28(41)24(17-38)47-32)21-15-23-27-19(14-18-6-3-4-7-22(18)36-27)16-37(23)31(43)20(21)9-10-25(34)39/h3-4,6-7,14-15,24,28-30,32,38,41-42H,2,5,8-13,16-17H2,1H3,(H2,35,44)/t24-,28-,29+,30+,32+,34+/m1/s1. The van der Waals surface area contributed by atoms with Gasteiger partial charge in [0.05, 0.1) is 43.3 Å². The number of pyridine rings is 2. The van der Waals surface area contributed by atoms with Gasteiger partial charge in [0.25, 0.3) is 5.56 Å². The van der Waals surface area contributed by atoms with Crippen LogP contribution < -0.4 is 11.3 Å². The number of Topliss-reactive ketones (excluding diaryl/α,β-unsaturated/α-hetero) is 1. The number of hydrogen-bond donors (Lipinski definition) is 4. The minimum atomic E-state index is -1.59. The summed E-state index contributed by atoms with van der Waals surface area (Å²) in [5.74, 6) is -0.870. The minimum absolute atomic E-state index is 0.0277. The molecule has 0 spiro atoms. The molecule has 2 aromatic heterocycles. The maximum atomic E-state index is 13.8. The normalized spacial score (nSPS) is 25.8. The molecule has 49 heavy (non-hydrogen) atoms. The summed E-state index contributed by atoms with van der Waals surface area (Å²) in [6.45, 7) is 1.58. The molecule has 3 aromatic rings. The highest BCUT2D eigenvalue weighted by Gasteiger charge is 2.49. The number of nitrogens with two attached hydrogens (primary N) is 1. The first-order valence-corrected chi connectivity index (χ1v) is 16.3. The van der Waals surface area contributed by atoms with Crippen LogP contribution in [0.2, 0.25) is 0 Å². The topological polar surface area (TPSA) is 219 Å². The first kappa shape index (κ1) is 34.6. The summed E-state index contributed by atoms with van der Waals surface area (Å²) in [6, 6.07) is 11.5. The zero-order valence-corrected chi connectivity index (χ0v) is 26.9. The molecule has 15 nitrogen and oxygen atoms in total. The molecule has 1 aliphatic carbocycles. The van der Waals surface area contributed by atoms with Crippen LogP contribution in [0.4, 0.5) is 4.79 Å². The van der Waals surface area contributed by atoms with Gasteiger partial charge < -0.3 is 49.3 Å². The lowest BCUT2D eigenvalue weighted by Crippen LogP contribution is -2.60. The van der Waals surface area contributed by atoms with Gasteiger partial charge in [0.15, 0.2) is 23.8 Å². The van der Waals surface area contributed by atoms with Crippen molar-refractivity contribution >= 4 is 28.7 Å². The van der Waals surface area contributed by atoms with Gasteiger partial charge >= 0.3 is 12.1 Å². The highest BCUT2D eigenvalue weighted by Crippen LogP contribution is 2.42. The smallest absolute Gasteiger partial charge is 0.404 e. The number of aliphatic hydroxyl groups is 3. The molecule has 0 unspecified atom stereocenters. The number of ether oxygens (including phenoxy) is 5. The summed E-state index contributed by atoms with van der Waals surface area (Å²) >= 11 is 0. The van der Waals surface area contributed by atoms with Crippen LogP contribution in [0.1, 0.15) is 49.3 Å². The number of aliphatic hydroxyl groups excluding tert-OH is 3. The van der Waals surface area contributed by atoms with Crippen molar-refractivity contribution in [2.75, 3.05) is 26.4 Å². The highest BCUT2D eigenvalue weighted by atomic mass is 16.7. The molecular formula is C34H39N3O12. The number of nitrogens with zero attached hydrogens (tertiary/aromatic N) is 2. The van der Waals surface area contributed by atoms with E-state index in [9.17, 15) is 34.5 Å². The largest absolute Gasteiger partial charge is 0.446 e. The predicted octanol–water partition coefficient (Wildman–Crippen LogP) is 0.805. The molecule has 4 heterocycles. The van der Waals surface area contributed by atoms with Gasteiger partial charge in [0, 0.05) is 41.5 Å². The van der Waals surface area contributed by atoms with E-state index in [2.05, 4.69) is 0 Å². The Bertz CT molecular complexity index is 1810. The zero-order chi connectivity index (χ0) is 34.9. The summed E-state index contributed by atoms with van der Waals surface area (Å²) in [5.41, 5.74) is 7.05. The maximum absolute atomic E-state index is 13.8. The predicted molar refractivity (Wildman–Crippen MR) is 170 cm³/mol. The van der Waals surface area contributed by atoms with Crippen molar-refractivity contribution in [3.8, 4) is 11.4 Å². The van der Waals surface area contributed by atoms with Crippen LogP contribution in [0.5, 0.6) is 0 Å². The van der Waals surface area contributed by atoms with Crippen molar-refractivity contribution in [2.45, 2.75) is 81.9 Å². The van der Waals surface area contributed by atoms with Crippen molar-refractivity contribution in [3.63, 3.8) is 0 Å². The second kappa shape index (κ2) is 14.3. The third-order valence-electron chi connectivity index (χ3n) is 9.30. The van der Waals surface area contributed by atoms with E-state index in [4.69, 9.17) is 34.4 Å². The lowest BCUT2D eigenvalue weighted by molar-refractivity contribution is -0.301. The molecule has 1 amide bonds. The highest BCUT2D eigenvalue weighted by molar-refractivity contribution is 5.93. The molecule has 1 fully saturated rings. The average Bonchev–Trinajstić information content (AvgIpc) is 3.44. The molecular weight excluding hydrogens is 642 g/mol. The number of carbonyl (C=O) groups is 3. The Hall–Kier alpha value is -4.25. The number of hydrogen-bond acceptors (Lipinski definition) is 13. The van der Waals surface area contributed by atoms with Gasteiger partial charge in [0.2, 0.25) is 0 Å². The van der Waals surface area contributed by atoms with Crippen LogP contribution >= 0.6 is 0 Å². The molecule has 0 saturated carbocycles. The van der Waals surface area contributed by atoms with Gasteiger partial charge in [-0.15, -0.1) is 0 Å². The lowest BCUT2D eigenvalue weighted by atomic mass is 9.76. The molecule has 15 heteroatoms. The summed E-state index contributed by atoms with van der Waals surface area (Å²) in [4.78, 5) is 56.4. The summed E-state index contributed by atoms with van der Waals surface area (Å²) in [5, 5.41) is 31.0. The number of ketones is 1. The van der Waals surface area contributed by atoms with Crippen LogP contribution in [0, 0.1) is 0 Å². The van der Waals surface area contributed by atoms with Crippen LogP contribution in [-0.4, -0.2) is 99.8 Å². The molecule has 2 aliphatic heterocycles. The number of primary amides is 1. The van der Waals surface area contributed by atoms with E-state index in [0.717, 1.165) is 16.5 Å². The fourth-order valence-corrected chi connectivity index (χ4v) is 6.83. The molecule has 1 saturated heterocycles. The van der Waals surface area contributed by atoms with E-state index < -0.39 is 55.0 Å². The van der Waals surface area contributed by atoms with Crippen LogP contribution in [0.3, 0.4) is 0 Å². The van der Waals surface area contributed by atoms with Gasteiger partial charge in [-0.2, -0.15) is 0 Å². The first-order chi connectivity index (χ1) is 23.6. The number of carbonyl (C=O) groups excluding carboxylic acids is 3. The van der Waals surface area contributed by atoms with Gasteiger partial charge in [0.1, 0.15) is 18.3 Å². The fraction of sp³-hybridized carbons (Fsp3) is 0.500. The number of esters is 1. The minimum Gasteiger partial charge on any atom is -0.446 e. The van der Waals surface area contributed by atoms with E-state index in [1.54, 1.807) is 17.6 Å². The Balaban J connectivity index is 1.06. The summed E-state index contributed by atoms with van der Waals surface area (Å²) in [6.07, 6.45) is -7.63. The van der Waals surface area contributed by atoms with E-state index in [-0.39, 0.29) is 63.3 Å².